The number of para-hydroxylation sites is 3. The van der Waals surface area contributed by atoms with Crippen molar-refractivity contribution in [3.8, 4) is 62.1 Å². The summed E-state index contributed by atoms with van der Waals surface area (Å²) in [4.78, 5) is 4.84. The van der Waals surface area contributed by atoms with E-state index >= 15 is 0 Å². The van der Waals surface area contributed by atoms with Crippen molar-refractivity contribution in [2.45, 2.75) is 78.6 Å². The second-order valence-corrected chi connectivity index (χ2v) is 21.1. The molecule has 0 spiro atoms. The fraction of sp³-hybridized carbons (Fsp3) is 0.182. The predicted octanol–water partition coefficient (Wildman–Crippen LogP) is 16.5. The zero-order valence-electron chi connectivity index (χ0n) is 51.6. The van der Waals surface area contributed by atoms with Crippen LogP contribution in [0.3, 0.4) is 0 Å². The molecule has 0 amide bonds. The van der Waals surface area contributed by atoms with Crippen LogP contribution in [0.25, 0.3) is 83.4 Å². The summed E-state index contributed by atoms with van der Waals surface area (Å²) < 4.78 is 102. The molecule has 72 heavy (non-hydrogen) atoms. The van der Waals surface area contributed by atoms with E-state index in [0.29, 0.717) is 45.0 Å². The Labute approximate surface area is 452 Å². The Morgan fingerprint density at radius 1 is 0.528 bits per heavy atom. The summed E-state index contributed by atoms with van der Waals surface area (Å²) in [5.41, 5.74) is 7.42. The molecule has 0 saturated heterocycles. The zero-order valence-corrected chi connectivity index (χ0v) is 43.9. The summed E-state index contributed by atoms with van der Waals surface area (Å²) in [6, 6.07) is 40.9. The third-order valence-corrected chi connectivity index (χ3v) is 13.0. The topological polar surface area (TPSA) is 35.9 Å². The van der Waals surface area contributed by atoms with Gasteiger partial charge < -0.3 is 13.9 Å². The van der Waals surface area contributed by atoms with Gasteiger partial charge in [-0.3, -0.25) is 4.57 Å². The largest absolute Gasteiger partial charge is 0.510 e. The van der Waals surface area contributed by atoms with Crippen LogP contribution in [0.5, 0.6) is 11.5 Å². The van der Waals surface area contributed by atoms with Crippen LogP contribution in [0.1, 0.15) is 92.7 Å². The van der Waals surface area contributed by atoms with Gasteiger partial charge >= 0.3 is 0 Å². The average Bonchev–Trinajstić information content (AvgIpc) is 4.09. The van der Waals surface area contributed by atoms with E-state index < -0.39 is 60.4 Å². The van der Waals surface area contributed by atoms with Crippen LogP contribution in [0.2, 0.25) is 0 Å². The van der Waals surface area contributed by atoms with Gasteiger partial charge in [-0.05, 0) is 108 Å². The number of ether oxygens (including phenoxy) is 1. The maximum Gasteiger partial charge on any atom is 0.268 e. The molecule has 0 unspecified atom stereocenters. The Morgan fingerprint density at radius 2 is 1.14 bits per heavy atom. The van der Waals surface area contributed by atoms with Gasteiger partial charge in [0.25, 0.3) is 6.33 Å². The minimum absolute atomic E-state index is 0. The number of imidazole rings is 1. The van der Waals surface area contributed by atoms with Crippen molar-refractivity contribution in [3.05, 3.63) is 223 Å². The molecule has 0 fully saturated rings. The molecular formula is C66H58N4OPt-2. The van der Waals surface area contributed by atoms with Crippen molar-refractivity contribution >= 4 is 32.8 Å². The van der Waals surface area contributed by atoms with Crippen molar-refractivity contribution in [1.82, 2.24) is 14.1 Å². The molecule has 11 rings (SSSR count). The summed E-state index contributed by atoms with van der Waals surface area (Å²) in [6.07, 6.45) is 5.45. The Bertz CT molecular complexity index is 4320. The number of aromatic nitrogens is 4. The molecule has 5 nitrogen and oxygen atoms in total. The molecule has 3 aromatic heterocycles. The van der Waals surface area contributed by atoms with E-state index in [9.17, 15) is 5.48 Å². The first kappa shape index (κ1) is 37.4. The van der Waals surface area contributed by atoms with E-state index in [2.05, 4.69) is 122 Å². The molecule has 3 heterocycles. The van der Waals surface area contributed by atoms with E-state index in [-0.39, 0.29) is 59.6 Å². The summed E-state index contributed by atoms with van der Waals surface area (Å²) in [5, 5.41) is 2.04. The van der Waals surface area contributed by atoms with Crippen molar-refractivity contribution in [2.75, 3.05) is 0 Å². The quantitative estimate of drug-likeness (QED) is 0.112. The first-order chi connectivity index (χ1) is 38.2. The molecule has 0 saturated carbocycles. The maximum absolute atomic E-state index is 9.49. The number of benzene rings is 8. The fourth-order valence-corrected chi connectivity index (χ4v) is 9.19. The zero-order chi connectivity index (χ0) is 57.9. The van der Waals surface area contributed by atoms with Crippen molar-refractivity contribution in [2.24, 2.45) is 0 Å². The monoisotopic (exact) mass is 1130 g/mol. The smallest absolute Gasteiger partial charge is 0.268 e. The first-order valence-corrected chi connectivity index (χ1v) is 23.8. The molecule has 0 atom stereocenters. The molecule has 11 aromatic rings. The number of hydrogen-bond donors (Lipinski definition) is 0. The van der Waals surface area contributed by atoms with E-state index in [1.54, 1.807) is 16.7 Å². The van der Waals surface area contributed by atoms with Crippen LogP contribution in [0.15, 0.2) is 188 Å². The van der Waals surface area contributed by atoms with Crippen LogP contribution in [0, 0.1) is 18.5 Å². The summed E-state index contributed by atoms with van der Waals surface area (Å²) in [7, 11) is 0. The van der Waals surface area contributed by atoms with Crippen molar-refractivity contribution < 1.29 is 44.1 Å². The van der Waals surface area contributed by atoms with Gasteiger partial charge in [-0.15, -0.1) is 29.7 Å². The number of pyridine rings is 1. The van der Waals surface area contributed by atoms with E-state index in [1.807, 2.05) is 83.6 Å². The predicted molar refractivity (Wildman–Crippen MR) is 292 cm³/mol. The summed E-state index contributed by atoms with van der Waals surface area (Å²) in [6.45, 7) is 19.2. The van der Waals surface area contributed by atoms with Gasteiger partial charge in [-0.2, -0.15) is 18.2 Å². The number of nitrogens with zero attached hydrogens (tertiary/aromatic N) is 4. The molecule has 0 bridgehead atoms. The first-order valence-electron chi connectivity index (χ1n) is 28.8. The van der Waals surface area contributed by atoms with E-state index in [4.69, 9.17) is 17.9 Å². The average molecular weight is 1130 g/mol. The molecule has 0 aliphatic heterocycles. The molecule has 0 aliphatic rings. The Kier molecular flexibility index (Phi) is 9.72. The standard InChI is InChI=1S/C66H58N4O.Pt/c1-64(2,3)48-33-34-67-62(40-48)70-58-28-17-16-27-54(58)55-32-31-53(42-61(55)70)71-52-26-20-25-51(41-52)68-43-69(60-30-19-18-29-59(60)68)63-56(45-23-14-11-15-24-45)37-46(44-21-12-10-13-22-44)38-57(63)47-35-49(65(4,5)6)39-50(36-47)66(7,8)9;/h10-40H,1-9H3;/q-2;/i10D,11D,12D,13D,14D,15D,21D,22D,23D,24D;. The van der Waals surface area contributed by atoms with Gasteiger partial charge in [-0.25, -0.2) is 4.98 Å². The van der Waals surface area contributed by atoms with Gasteiger partial charge in [0.05, 0.1) is 30.4 Å². The fourth-order valence-electron chi connectivity index (χ4n) is 9.19. The maximum atomic E-state index is 9.49. The molecule has 8 aromatic carbocycles. The summed E-state index contributed by atoms with van der Waals surface area (Å²) >= 11 is 0. The van der Waals surface area contributed by atoms with Crippen molar-refractivity contribution in [3.63, 3.8) is 0 Å². The Morgan fingerprint density at radius 3 is 1.82 bits per heavy atom. The number of fused-ring (bicyclic) bond motifs is 4. The molecule has 0 radical (unpaired) electrons. The molecule has 6 heteroatoms. The van der Waals surface area contributed by atoms with Crippen LogP contribution in [-0.2, 0) is 37.3 Å². The van der Waals surface area contributed by atoms with Crippen molar-refractivity contribution in [1.29, 1.82) is 0 Å². The van der Waals surface area contributed by atoms with E-state index in [0.717, 1.165) is 44.3 Å². The molecule has 0 aliphatic carbocycles. The third kappa shape index (κ3) is 9.12. The van der Waals surface area contributed by atoms with Gasteiger partial charge in [0, 0.05) is 44.3 Å². The van der Waals surface area contributed by atoms with Gasteiger partial charge in [-0.1, -0.05) is 189 Å². The van der Waals surface area contributed by atoms with Crippen LogP contribution in [0.4, 0.5) is 0 Å². The normalized spacial score (nSPS) is 14.1. The molecular weight excluding hydrogens is 1060 g/mol. The van der Waals surface area contributed by atoms with Gasteiger partial charge in [0.15, 0.2) is 0 Å². The minimum atomic E-state index is -0.582. The van der Waals surface area contributed by atoms with E-state index in [1.165, 1.54) is 0 Å². The van der Waals surface area contributed by atoms with Gasteiger partial charge in [0.1, 0.15) is 5.82 Å². The number of rotatable bonds is 8. The number of hydrogen-bond acceptors (Lipinski definition) is 2. The van der Waals surface area contributed by atoms with Gasteiger partial charge in [0.2, 0.25) is 0 Å². The van der Waals surface area contributed by atoms with Crippen LogP contribution >= 0.6 is 0 Å². The Hall–Kier alpha value is -7.33. The van der Waals surface area contributed by atoms with Crippen LogP contribution in [-0.4, -0.2) is 14.1 Å². The SMILES string of the molecule is [2H]c1c([2H])c([2H])c(-c2cc(-c3cc(C(C)(C)C)cc(C(C)(C)C)c3)c(-[n+]3[c-]n(-c4[c-]c(Oc5[c-]c6c(cc5)c5ccccc5n6-c5cc(C(C)(C)C)ccn5)ccc4)c4ccccc43)c(-c3c([2H])c([2H])c([2H])c([2H])c3[2H])c2)c([2H])c1[2H].[Pt]. The Balaban J connectivity index is 0.00000753. The molecule has 360 valence electrons. The minimum Gasteiger partial charge on any atom is -0.510 e. The third-order valence-electron chi connectivity index (χ3n) is 13.0. The second kappa shape index (κ2) is 18.7. The molecule has 0 N–H and O–H groups in total. The van der Waals surface area contributed by atoms with Crippen LogP contribution < -0.4 is 9.30 Å². The second-order valence-electron chi connectivity index (χ2n) is 21.1. The summed E-state index contributed by atoms with van der Waals surface area (Å²) in [5.74, 6) is 1.59.